The van der Waals surface area contributed by atoms with Gasteiger partial charge in [-0.1, -0.05) is 172 Å². The maximum atomic E-state index is 6.29. The Kier molecular flexibility index (Phi) is 7.92. The van der Waals surface area contributed by atoms with Crippen molar-refractivity contribution in [1.82, 2.24) is 0 Å². The topological polar surface area (TPSA) is 16.4 Å². The van der Waals surface area contributed by atoms with Gasteiger partial charge in [-0.25, -0.2) is 0 Å². The highest BCUT2D eigenvalue weighted by atomic mass is 16.3. The summed E-state index contributed by atoms with van der Waals surface area (Å²) in [6, 6.07) is 77.4. The van der Waals surface area contributed by atoms with Crippen LogP contribution in [0.1, 0.15) is 25.0 Å². The number of nitrogens with zero attached hydrogens (tertiary/aromatic N) is 1. The van der Waals surface area contributed by atoms with Gasteiger partial charge in [0.15, 0.2) is 0 Å². The van der Waals surface area contributed by atoms with Crippen molar-refractivity contribution >= 4 is 60.5 Å². The minimum Gasteiger partial charge on any atom is -0.456 e. The van der Waals surface area contributed by atoms with Crippen LogP contribution in [-0.4, -0.2) is 0 Å². The van der Waals surface area contributed by atoms with Crippen LogP contribution in [0, 0.1) is 0 Å². The Balaban J connectivity index is 0.904. The molecular weight excluding hydrogens is 739 g/mol. The summed E-state index contributed by atoms with van der Waals surface area (Å²) in [6.07, 6.45) is 0. The first-order valence-corrected chi connectivity index (χ1v) is 21.2. The summed E-state index contributed by atoms with van der Waals surface area (Å²) in [4.78, 5) is 2.43. The second kappa shape index (κ2) is 13.7. The lowest BCUT2D eigenvalue weighted by molar-refractivity contribution is 0.660. The number of rotatable bonds is 6. The average Bonchev–Trinajstić information content (AvgIpc) is 3.81. The third-order valence-corrected chi connectivity index (χ3v) is 13.1. The molecular formula is C59H41NO. The van der Waals surface area contributed by atoms with E-state index in [1.807, 2.05) is 0 Å². The van der Waals surface area contributed by atoms with E-state index in [1.54, 1.807) is 0 Å². The van der Waals surface area contributed by atoms with E-state index in [1.165, 1.54) is 82.6 Å². The lowest BCUT2D eigenvalue weighted by atomic mass is 9.81. The van der Waals surface area contributed by atoms with Gasteiger partial charge in [0.05, 0.1) is 5.69 Å². The van der Waals surface area contributed by atoms with Crippen molar-refractivity contribution in [1.29, 1.82) is 0 Å². The molecule has 2 heteroatoms. The SMILES string of the molecule is CC1(C)c2cc(-c3ccccc3)ccc2-c2ccc(N(c3ccc(-c4ccc(-c5ccc6oc7ccc8ccccc8c7c6c5)cc4)cc3)c3cccc4ccccc34)cc21. The summed E-state index contributed by atoms with van der Waals surface area (Å²) in [5.74, 6) is 0. The third kappa shape index (κ3) is 5.71. The van der Waals surface area contributed by atoms with Gasteiger partial charge >= 0.3 is 0 Å². The minimum atomic E-state index is -0.168. The van der Waals surface area contributed by atoms with Gasteiger partial charge in [0.1, 0.15) is 11.2 Å². The highest BCUT2D eigenvalue weighted by Gasteiger charge is 2.36. The van der Waals surface area contributed by atoms with Gasteiger partial charge in [0, 0.05) is 32.9 Å². The first-order chi connectivity index (χ1) is 30.0. The second-order valence-electron chi connectivity index (χ2n) is 16.9. The van der Waals surface area contributed by atoms with Gasteiger partial charge in [-0.15, -0.1) is 0 Å². The molecule has 0 saturated carbocycles. The normalized spacial score (nSPS) is 12.9. The average molecular weight is 780 g/mol. The monoisotopic (exact) mass is 779 g/mol. The van der Waals surface area contributed by atoms with Crippen LogP contribution >= 0.6 is 0 Å². The predicted octanol–water partition coefficient (Wildman–Crippen LogP) is 16.7. The van der Waals surface area contributed by atoms with E-state index in [9.17, 15) is 0 Å². The van der Waals surface area contributed by atoms with Crippen molar-refractivity contribution in [2.24, 2.45) is 0 Å². The van der Waals surface area contributed by atoms with E-state index in [4.69, 9.17) is 4.42 Å². The van der Waals surface area contributed by atoms with E-state index in [0.29, 0.717) is 0 Å². The molecule has 0 saturated heterocycles. The van der Waals surface area contributed by atoms with Crippen molar-refractivity contribution in [2.45, 2.75) is 19.3 Å². The summed E-state index contributed by atoms with van der Waals surface area (Å²) in [7, 11) is 0. The fourth-order valence-corrected chi connectivity index (χ4v) is 9.89. The number of fused-ring (bicyclic) bond motifs is 9. The van der Waals surface area contributed by atoms with Crippen LogP contribution in [0.2, 0.25) is 0 Å². The number of benzene rings is 10. The van der Waals surface area contributed by atoms with Crippen molar-refractivity contribution in [3.8, 4) is 44.5 Å². The summed E-state index contributed by atoms with van der Waals surface area (Å²) >= 11 is 0. The smallest absolute Gasteiger partial charge is 0.136 e. The molecule has 0 N–H and O–H groups in total. The lowest BCUT2D eigenvalue weighted by Gasteiger charge is -2.29. The van der Waals surface area contributed by atoms with Crippen molar-refractivity contribution in [3.63, 3.8) is 0 Å². The molecule has 2 nitrogen and oxygen atoms in total. The molecule has 288 valence electrons. The van der Waals surface area contributed by atoms with Crippen LogP contribution in [0.15, 0.2) is 217 Å². The van der Waals surface area contributed by atoms with E-state index < -0.39 is 0 Å². The fourth-order valence-electron chi connectivity index (χ4n) is 9.89. The Morgan fingerprint density at radius 2 is 0.885 bits per heavy atom. The van der Waals surface area contributed by atoms with Gasteiger partial charge < -0.3 is 9.32 Å². The van der Waals surface area contributed by atoms with E-state index in [-0.39, 0.29) is 5.41 Å². The minimum absolute atomic E-state index is 0.168. The standard InChI is InChI=1S/C59H41NO/c1-59(2)53-36-45(38-11-4-3-5-12-38)25-31-50(53)51-32-30-47(37-54(51)59)60(55-18-10-15-42-13-6-8-16-48(42)55)46-28-23-40(24-29-46)39-19-21-41(22-20-39)44-27-33-56-52(35-44)58-49-17-9-7-14-43(49)26-34-57(58)61-56/h3-37H,1-2H3. The molecule has 1 aromatic heterocycles. The van der Waals surface area contributed by atoms with Crippen LogP contribution in [0.4, 0.5) is 17.1 Å². The summed E-state index contributed by atoms with van der Waals surface area (Å²) in [5.41, 5.74) is 17.6. The van der Waals surface area contributed by atoms with Crippen LogP contribution in [0.3, 0.4) is 0 Å². The van der Waals surface area contributed by atoms with Gasteiger partial charge in [-0.2, -0.15) is 0 Å². The zero-order chi connectivity index (χ0) is 40.7. The van der Waals surface area contributed by atoms with E-state index in [2.05, 4.69) is 231 Å². The van der Waals surface area contributed by atoms with Crippen LogP contribution in [0.5, 0.6) is 0 Å². The van der Waals surface area contributed by atoms with Crippen LogP contribution in [0.25, 0.3) is 88.0 Å². The Morgan fingerprint density at radius 1 is 0.361 bits per heavy atom. The molecule has 1 aliphatic rings. The summed E-state index contributed by atoms with van der Waals surface area (Å²) in [5, 5.41) is 7.20. The Labute approximate surface area is 355 Å². The maximum Gasteiger partial charge on any atom is 0.136 e. The van der Waals surface area contributed by atoms with Crippen LogP contribution in [-0.2, 0) is 5.41 Å². The Hall–Kier alpha value is -7.68. The molecule has 0 aliphatic heterocycles. The number of anilines is 3. The van der Waals surface area contributed by atoms with Gasteiger partial charge in [-0.3, -0.25) is 0 Å². The molecule has 0 spiro atoms. The summed E-state index contributed by atoms with van der Waals surface area (Å²) in [6.45, 7) is 4.75. The molecule has 12 rings (SSSR count). The second-order valence-corrected chi connectivity index (χ2v) is 16.9. The molecule has 1 aliphatic carbocycles. The van der Waals surface area contributed by atoms with Crippen molar-refractivity contribution in [2.75, 3.05) is 4.90 Å². The van der Waals surface area contributed by atoms with Gasteiger partial charge in [0.2, 0.25) is 0 Å². The molecule has 1 heterocycles. The van der Waals surface area contributed by atoms with Crippen molar-refractivity contribution in [3.05, 3.63) is 223 Å². The van der Waals surface area contributed by atoms with Crippen LogP contribution < -0.4 is 4.90 Å². The van der Waals surface area contributed by atoms with E-state index >= 15 is 0 Å². The van der Waals surface area contributed by atoms with Gasteiger partial charge in [-0.05, 0) is 126 Å². The highest BCUT2D eigenvalue weighted by molar-refractivity contribution is 6.19. The molecule has 10 aromatic carbocycles. The molecule has 0 bridgehead atoms. The molecule has 0 amide bonds. The lowest BCUT2D eigenvalue weighted by Crippen LogP contribution is -2.16. The number of hydrogen-bond acceptors (Lipinski definition) is 2. The van der Waals surface area contributed by atoms with E-state index in [0.717, 1.165) is 33.6 Å². The first-order valence-electron chi connectivity index (χ1n) is 21.2. The molecule has 61 heavy (non-hydrogen) atoms. The maximum absolute atomic E-state index is 6.29. The summed E-state index contributed by atoms with van der Waals surface area (Å²) < 4.78 is 6.29. The van der Waals surface area contributed by atoms with Gasteiger partial charge in [0.25, 0.3) is 0 Å². The Bertz CT molecular complexity index is 3480. The molecule has 0 fully saturated rings. The third-order valence-electron chi connectivity index (χ3n) is 13.1. The number of hydrogen-bond donors (Lipinski definition) is 0. The zero-order valence-electron chi connectivity index (χ0n) is 34.1. The Morgan fingerprint density at radius 3 is 1.66 bits per heavy atom. The quantitative estimate of drug-likeness (QED) is 0.167. The molecule has 0 radical (unpaired) electrons. The van der Waals surface area contributed by atoms with Crippen molar-refractivity contribution < 1.29 is 4.42 Å². The molecule has 0 unspecified atom stereocenters. The first kappa shape index (κ1) is 35.3. The zero-order valence-corrected chi connectivity index (χ0v) is 34.1. The fraction of sp³-hybridized carbons (Fsp3) is 0.0508. The number of furan rings is 1. The highest BCUT2D eigenvalue weighted by Crippen LogP contribution is 2.52. The predicted molar refractivity (Wildman–Crippen MR) is 257 cm³/mol. The molecule has 11 aromatic rings. The largest absolute Gasteiger partial charge is 0.456 e. The molecule has 0 atom stereocenters.